The van der Waals surface area contributed by atoms with Gasteiger partial charge in [0.25, 0.3) is 5.89 Å². The van der Waals surface area contributed by atoms with E-state index in [-0.39, 0.29) is 6.17 Å². The average Bonchev–Trinajstić information content (AvgIpc) is 3.47. The summed E-state index contributed by atoms with van der Waals surface area (Å²) >= 11 is 6.45. The van der Waals surface area contributed by atoms with Crippen molar-refractivity contribution in [1.29, 1.82) is 0 Å². The summed E-state index contributed by atoms with van der Waals surface area (Å²) in [7, 11) is 0. The van der Waals surface area contributed by atoms with Gasteiger partial charge in [0, 0.05) is 12.0 Å². The number of hydrogen-bond acceptors (Lipinski definition) is 8. The van der Waals surface area contributed by atoms with Crippen molar-refractivity contribution in [3.63, 3.8) is 0 Å². The first kappa shape index (κ1) is 16.2. The second kappa shape index (κ2) is 5.84. The predicted octanol–water partition coefficient (Wildman–Crippen LogP) is 3.33. The first-order valence-electron chi connectivity index (χ1n) is 9.47. The van der Waals surface area contributed by atoms with Gasteiger partial charge < -0.3 is 8.94 Å². The topological polar surface area (TPSA) is 97.5 Å². The van der Waals surface area contributed by atoms with Crippen molar-refractivity contribution in [1.82, 2.24) is 25.1 Å². The molecule has 5 heterocycles. The van der Waals surface area contributed by atoms with Crippen LogP contribution < -0.4 is 10.3 Å². The van der Waals surface area contributed by atoms with Gasteiger partial charge in [0.05, 0.1) is 6.20 Å². The number of anilines is 1. The normalized spacial score (nSPS) is 25.7. The van der Waals surface area contributed by atoms with Gasteiger partial charge in [0.1, 0.15) is 17.7 Å². The summed E-state index contributed by atoms with van der Waals surface area (Å²) in [6.07, 6.45) is 6.44. The maximum absolute atomic E-state index is 6.45. The fourth-order valence-corrected chi connectivity index (χ4v) is 4.93. The zero-order chi connectivity index (χ0) is 18.8. The Bertz CT molecular complexity index is 1080. The second-order valence-electron chi connectivity index (χ2n) is 7.48. The van der Waals surface area contributed by atoms with Gasteiger partial charge >= 0.3 is 0 Å². The molecule has 144 valence electrons. The number of halogens is 1. The summed E-state index contributed by atoms with van der Waals surface area (Å²) < 4.78 is 13.1. The van der Waals surface area contributed by atoms with E-state index < -0.39 is 0 Å². The van der Waals surface area contributed by atoms with E-state index in [0.29, 0.717) is 40.6 Å². The summed E-state index contributed by atoms with van der Waals surface area (Å²) in [6.45, 7) is 1.87. The van der Waals surface area contributed by atoms with Crippen LogP contribution in [0.3, 0.4) is 0 Å². The Hall–Kier alpha value is -2.81. The van der Waals surface area contributed by atoms with Gasteiger partial charge in [0.15, 0.2) is 5.76 Å². The molecule has 3 aliphatic rings. The number of nitrogens with zero attached hydrogens (tertiary/aromatic N) is 6. The molecule has 10 heteroatoms. The largest absolute Gasteiger partial charge is 0.456 e. The molecular weight excluding hydrogens is 382 g/mol. The summed E-state index contributed by atoms with van der Waals surface area (Å²) in [5, 5.41) is 9.20. The van der Waals surface area contributed by atoms with Crippen LogP contribution in [0.2, 0.25) is 5.28 Å². The van der Waals surface area contributed by atoms with Crippen molar-refractivity contribution in [3.05, 3.63) is 35.2 Å². The van der Waals surface area contributed by atoms with Gasteiger partial charge in [-0.3, -0.25) is 14.9 Å². The Morgan fingerprint density at radius 1 is 1.25 bits per heavy atom. The maximum Gasteiger partial charge on any atom is 0.294 e. The van der Waals surface area contributed by atoms with E-state index in [1.807, 2.05) is 19.1 Å². The molecule has 3 unspecified atom stereocenters. The summed E-state index contributed by atoms with van der Waals surface area (Å²) in [4.78, 5) is 11.0. The lowest BCUT2D eigenvalue weighted by atomic mass is 9.80. The molecule has 28 heavy (non-hydrogen) atoms. The van der Waals surface area contributed by atoms with Crippen molar-refractivity contribution in [2.45, 2.75) is 44.8 Å². The Morgan fingerprint density at radius 3 is 3.00 bits per heavy atom. The molecule has 3 aromatic heterocycles. The summed E-state index contributed by atoms with van der Waals surface area (Å²) in [5.41, 5.74) is 3.29. The molecule has 3 aromatic rings. The van der Waals surface area contributed by atoms with Crippen LogP contribution in [-0.2, 0) is 0 Å². The minimum atomic E-state index is 0.0355. The Balaban J connectivity index is 1.41. The predicted molar refractivity (Wildman–Crippen MR) is 101 cm³/mol. The van der Waals surface area contributed by atoms with E-state index in [9.17, 15) is 0 Å². The third kappa shape index (κ3) is 2.19. The molecule has 6 rings (SSSR count). The molecule has 0 spiro atoms. The van der Waals surface area contributed by atoms with Crippen LogP contribution in [0.25, 0.3) is 11.7 Å². The average molecular weight is 400 g/mol. The van der Waals surface area contributed by atoms with Crippen molar-refractivity contribution >= 4 is 23.3 Å². The van der Waals surface area contributed by atoms with Gasteiger partial charge in [-0.1, -0.05) is 18.0 Å². The molecule has 1 aliphatic carbocycles. The van der Waals surface area contributed by atoms with Gasteiger partial charge in [-0.25, -0.2) is 4.98 Å². The Kier molecular flexibility index (Phi) is 3.37. The number of rotatable bonds is 2. The van der Waals surface area contributed by atoms with Crippen molar-refractivity contribution in [2.75, 3.05) is 4.90 Å². The zero-order valence-corrected chi connectivity index (χ0v) is 15.9. The van der Waals surface area contributed by atoms with Crippen LogP contribution >= 0.6 is 11.6 Å². The van der Waals surface area contributed by atoms with Gasteiger partial charge in [-0.2, -0.15) is 10.1 Å². The van der Waals surface area contributed by atoms with E-state index in [2.05, 4.69) is 35.1 Å². The molecule has 1 saturated carbocycles. The number of fused-ring (bicyclic) bond motifs is 6. The fraction of sp³-hybridized carbons (Fsp3) is 0.444. The molecule has 1 fully saturated rings. The third-order valence-electron chi connectivity index (χ3n) is 5.88. The molecule has 3 atom stereocenters. The lowest BCUT2D eigenvalue weighted by Crippen LogP contribution is -2.54. The smallest absolute Gasteiger partial charge is 0.294 e. The Morgan fingerprint density at radius 2 is 2.14 bits per heavy atom. The highest BCUT2D eigenvalue weighted by molar-refractivity contribution is 6.28. The summed E-state index contributed by atoms with van der Waals surface area (Å²) in [6, 6.07) is 4.00. The van der Waals surface area contributed by atoms with Crippen LogP contribution in [0.1, 0.15) is 43.3 Å². The SMILES string of the molecule is Cc1ccc(-c2nc(C3=NNC4C5CCCCC5n5c(cnc5Cl)N34)no2)o1. The third-order valence-corrected chi connectivity index (χ3v) is 6.16. The van der Waals surface area contributed by atoms with Crippen LogP contribution in [0.5, 0.6) is 0 Å². The van der Waals surface area contributed by atoms with E-state index in [1.54, 1.807) is 6.20 Å². The highest BCUT2D eigenvalue weighted by Crippen LogP contribution is 2.47. The number of nitrogens with one attached hydrogen (secondary N) is 1. The lowest BCUT2D eigenvalue weighted by Gasteiger charge is -2.45. The highest BCUT2D eigenvalue weighted by Gasteiger charge is 2.48. The molecule has 0 aromatic carbocycles. The van der Waals surface area contributed by atoms with Gasteiger partial charge in [0.2, 0.25) is 16.9 Å². The van der Waals surface area contributed by atoms with Crippen LogP contribution in [0, 0.1) is 12.8 Å². The van der Waals surface area contributed by atoms with Crippen LogP contribution in [-0.4, -0.2) is 31.7 Å². The maximum atomic E-state index is 6.45. The monoisotopic (exact) mass is 399 g/mol. The number of hydrogen-bond donors (Lipinski definition) is 1. The van der Waals surface area contributed by atoms with Crippen LogP contribution in [0.15, 0.2) is 32.4 Å². The molecule has 0 saturated heterocycles. The first-order valence-corrected chi connectivity index (χ1v) is 9.84. The number of amidine groups is 1. The molecule has 0 bridgehead atoms. The van der Waals surface area contributed by atoms with E-state index in [1.165, 1.54) is 12.8 Å². The van der Waals surface area contributed by atoms with Gasteiger partial charge in [-0.05, 0) is 43.5 Å². The number of imidazole rings is 1. The van der Waals surface area contributed by atoms with E-state index >= 15 is 0 Å². The van der Waals surface area contributed by atoms with Crippen molar-refractivity contribution in [3.8, 4) is 11.7 Å². The standard InChI is InChI=1S/C18H18ClN7O2/c1-9-6-7-12(27-9)17-21-14(24-28-17)16-23-22-15-10-4-2-3-5-11(10)25-13(26(15)16)8-20-18(25)19/h6-8,10-11,15,22H,2-5H2,1H3. The fourth-order valence-electron chi connectivity index (χ4n) is 4.67. The lowest BCUT2D eigenvalue weighted by molar-refractivity contribution is 0.176. The minimum Gasteiger partial charge on any atom is -0.456 e. The summed E-state index contributed by atoms with van der Waals surface area (Å²) in [5.74, 6) is 3.94. The number of aromatic nitrogens is 4. The minimum absolute atomic E-state index is 0.0355. The Labute approximate surface area is 165 Å². The molecule has 0 amide bonds. The number of aryl methyl sites for hydroxylation is 1. The molecular formula is C18H18ClN7O2. The highest BCUT2D eigenvalue weighted by atomic mass is 35.5. The van der Waals surface area contributed by atoms with Crippen LogP contribution in [0.4, 0.5) is 5.82 Å². The molecule has 0 radical (unpaired) electrons. The van der Waals surface area contributed by atoms with Crippen molar-refractivity contribution in [2.24, 2.45) is 11.0 Å². The van der Waals surface area contributed by atoms with Crippen molar-refractivity contribution < 1.29 is 8.94 Å². The zero-order valence-electron chi connectivity index (χ0n) is 15.2. The number of furan rings is 1. The molecule has 2 aliphatic heterocycles. The first-order chi connectivity index (χ1) is 13.7. The number of hydrazone groups is 1. The molecule has 9 nitrogen and oxygen atoms in total. The second-order valence-corrected chi connectivity index (χ2v) is 7.82. The van der Waals surface area contributed by atoms with E-state index in [0.717, 1.165) is 24.4 Å². The quantitative estimate of drug-likeness (QED) is 0.705. The molecule has 1 N–H and O–H groups in total. The van der Waals surface area contributed by atoms with Gasteiger partial charge in [-0.15, -0.1) is 0 Å². The van der Waals surface area contributed by atoms with E-state index in [4.69, 9.17) is 20.5 Å².